The van der Waals surface area contributed by atoms with Crippen LogP contribution >= 0.6 is 0 Å². The molecule has 0 saturated heterocycles. The second-order valence-electron chi connectivity index (χ2n) is 6.23. The minimum absolute atomic E-state index is 0.909. The van der Waals surface area contributed by atoms with E-state index in [0.29, 0.717) is 0 Å². The number of fused-ring (bicyclic) bond motifs is 2. The Hall–Kier alpha value is -3.41. The molecule has 5 rings (SSSR count). The predicted octanol–water partition coefficient (Wildman–Crippen LogP) is 3.82. The van der Waals surface area contributed by atoms with Crippen molar-refractivity contribution in [1.82, 2.24) is 29.7 Å². The third-order valence-electron chi connectivity index (χ3n) is 4.76. The highest BCUT2D eigenvalue weighted by molar-refractivity contribution is 5.97. The summed E-state index contributed by atoms with van der Waals surface area (Å²) in [6.07, 6.45) is 5.54. The van der Waals surface area contributed by atoms with Gasteiger partial charge in [-0.2, -0.15) is 5.10 Å². The molecule has 6 heteroatoms. The van der Waals surface area contributed by atoms with Gasteiger partial charge in [-0.3, -0.25) is 10.1 Å². The molecule has 6 nitrogen and oxygen atoms in total. The van der Waals surface area contributed by atoms with Gasteiger partial charge in [0, 0.05) is 29.6 Å². The number of imidazole rings is 1. The van der Waals surface area contributed by atoms with Crippen molar-refractivity contribution < 1.29 is 0 Å². The number of benzene rings is 1. The maximum Gasteiger partial charge on any atom is 0.116 e. The molecule has 0 atom stereocenters. The highest BCUT2D eigenvalue weighted by atomic mass is 15.1. The van der Waals surface area contributed by atoms with Crippen molar-refractivity contribution in [3.63, 3.8) is 0 Å². The SMILES string of the molecule is Cc1ncc(-c2ccc3[nH]nc(-c4cc5ccncc5[nH]4)c3c2)n1C. The zero-order chi connectivity index (χ0) is 17.0. The van der Waals surface area contributed by atoms with E-state index >= 15 is 0 Å². The summed E-state index contributed by atoms with van der Waals surface area (Å²) in [6.45, 7) is 2.00. The van der Waals surface area contributed by atoms with E-state index in [0.717, 1.165) is 50.3 Å². The van der Waals surface area contributed by atoms with Crippen LogP contribution in [0.4, 0.5) is 0 Å². The van der Waals surface area contributed by atoms with Gasteiger partial charge in [0.05, 0.1) is 34.8 Å². The lowest BCUT2D eigenvalue weighted by molar-refractivity contribution is 0.865. The smallest absolute Gasteiger partial charge is 0.116 e. The van der Waals surface area contributed by atoms with E-state index < -0.39 is 0 Å². The van der Waals surface area contributed by atoms with Crippen LogP contribution in [0.1, 0.15) is 5.82 Å². The number of pyridine rings is 1. The van der Waals surface area contributed by atoms with E-state index in [2.05, 4.69) is 54.0 Å². The molecule has 4 heterocycles. The van der Waals surface area contributed by atoms with Crippen molar-refractivity contribution in [2.24, 2.45) is 7.05 Å². The average Bonchev–Trinajstić information content (AvgIpc) is 3.31. The molecule has 0 bridgehead atoms. The predicted molar refractivity (Wildman–Crippen MR) is 98.1 cm³/mol. The van der Waals surface area contributed by atoms with Gasteiger partial charge in [-0.15, -0.1) is 0 Å². The number of hydrogen-bond donors (Lipinski definition) is 2. The van der Waals surface area contributed by atoms with Crippen LogP contribution in [0, 0.1) is 6.92 Å². The van der Waals surface area contributed by atoms with Crippen LogP contribution in [0.3, 0.4) is 0 Å². The third kappa shape index (κ3) is 2.07. The number of hydrogen-bond acceptors (Lipinski definition) is 3. The second-order valence-corrected chi connectivity index (χ2v) is 6.23. The van der Waals surface area contributed by atoms with Crippen LogP contribution in [-0.2, 0) is 7.05 Å². The van der Waals surface area contributed by atoms with Crippen LogP contribution in [0.5, 0.6) is 0 Å². The van der Waals surface area contributed by atoms with Gasteiger partial charge in [0.1, 0.15) is 11.5 Å². The van der Waals surface area contributed by atoms with Crippen LogP contribution in [-0.4, -0.2) is 29.7 Å². The molecule has 0 saturated carbocycles. The Morgan fingerprint density at radius 2 is 1.96 bits per heavy atom. The van der Waals surface area contributed by atoms with E-state index in [1.807, 2.05) is 32.4 Å². The molecular weight excluding hydrogens is 312 g/mol. The van der Waals surface area contributed by atoms with Crippen molar-refractivity contribution in [1.29, 1.82) is 0 Å². The lowest BCUT2D eigenvalue weighted by atomic mass is 10.1. The fourth-order valence-electron chi connectivity index (χ4n) is 3.25. The van der Waals surface area contributed by atoms with Crippen molar-refractivity contribution in [3.8, 4) is 22.6 Å². The molecule has 0 unspecified atom stereocenters. The van der Waals surface area contributed by atoms with E-state index in [9.17, 15) is 0 Å². The summed E-state index contributed by atoms with van der Waals surface area (Å²) in [5, 5.41) is 9.85. The number of aromatic amines is 2. The number of aromatic nitrogens is 6. The van der Waals surface area contributed by atoms with Crippen LogP contribution in [0.15, 0.2) is 48.9 Å². The fraction of sp³-hybridized carbons (Fsp3) is 0.105. The number of H-pyrrole nitrogens is 2. The highest BCUT2D eigenvalue weighted by Crippen LogP contribution is 2.31. The Labute approximate surface area is 143 Å². The maximum atomic E-state index is 4.52. The molecule has 25 heavy (non-hydrogen) atoms. The molecule has 122 valence electrons. The minimum Gasteiger partial charge on any atom is -0.352 e. The molecule has 0 aliphatic carbocycles. The normalized spacial score (nSPS) is 11.6. The van der Waals surface area contributed by atoms with Crippen LogP contribution in [0.25, 0.3) is 44.5 Å². The van der Waals surface area contributed by atoms with Crippen molar-refractivity contribution in [2.45, 2.75) is 6.92 Å². The Morgan fingerprint density at radius 1 is 1.04 bits per heavy atom. The van der Waals surface area contributed by atoms with Gasteiger partial charge < -0.3 is 9.55 Å². The van der Waals surface area contributed by atoms with E-state index in [1.165, 1.54) is 0 Å². The molecule has 1 aromatic carbocycles. The summed E-state index contributed by atoms with van der Waals surface area (Å²) >= 11 is 0. The Bertz CT molecular complexity index is 1190. The topological polar surface area (TPSA) is 75.2 Å². The molecule has 0 aliphatic rings. The maximum absolute atomic E-state index is 4.52. The fourth-order valence-corrected chi connectivity index (χ4v) is 3.25. The summed E-state index contributed by atoms with van der Waals surface area (Å²) in [5.41, 5.74) is 6.12. The summed E-state index contributed by atoms with van der Waals surface area (Å²) in [7, 11) is 2.03. The van der Waals surface area contributed by atoms with Gasteiger partial charge in [0.15, 0.2) is 0 Å². The summed E-state index contributed by atoms with van der Waals surface area (Å²) in [6, 6.07) is 10.4. The molecule has 0 aliphatic heterocycles. The first-order chi connectivity index (χ1) is 12.2. The first-order valence-corrected chi connectivity index (χ1v) is 8.10. The zero-order valence-electron chi connectivity index (χ0n) is 13.9. The monoisotopic (exact) mass is 328 g/mol. The summed E-state index contributed by atoms with van der Waals surface area (Å²) in [5.74, 6) is 0.991. The van der Waals surface area contributed by atoms with Gasteiger partial charge in [0.25, 0.3) is 0 Å². The number of aryl methyl sites for hydroxylation is 1. The second kappa shape index (κ2) is 5.04. The summed E-state index contributed by atoms with van der Waals surface area (Å²) < 4.78 is 2.09. The third-order valence-corrected chi connectivity index (χ3v) is 4.76. The number of nitrogens with zero attached hydrogens (tertiary/aromatic N) is 4. The van der Waals surface area contributed by atoms with Gasteiger partial charge in [-0.1, -0.05) is 6.07 Å². The molecule has 0 radical (unpaired) electrons. The van der Waals surface area contributed by atoms with Crippen molar-refractivity contribution in [2.75, 3.05) is 0 Å². The summed E-state index contributed by atoms with van der Waals surface area (Å²) in [4.78, 5) is 12.0. The highest BCUT2D eigenvalue weighted by Gasteiger charge is 2.13. The number of nitrogens with one attached hydrogen (secondary N) is 2. The van der Waals surface area contributed by atoms with Crippen LogP contribution in [0.2, 0.25) is 0 Å². The first-order valence-electron chi connectivity index (χ1n) is 8.10. The minimum atomic E-state index is 0.909. The number of rotatable bonds is 2. The zero-order valence-corrected chi connectivity index (χ0v) is 13.9. The average molecular weight is 328 g/mol. The van der Waals surface area contributed by atoms with E-state index in [-0.39, 0.29) is 0 Å². The molecule has 4 aromatic heterocycles. The van der Waals surface area contributed by atoms with E-state index in [1.54, 1.807) is 6.20 Å². The molecule has 5 aromatic rings. The van der Waals surface area contributed by atoms with Gasteiger partial charge in [-0.05, 0) is 31.2 Å². The van der Waals surface area contributed by atoms with Crippen molar-refractivity contribution >= 4 is 21.8 Å². The van der Waals surface area contributed by atoms with E-state index in [4.69, 9.17) is 0 Å². The molecule has 0 spiro atoms. The quantitative estimate of drug-likeness (QED) is 0.517. The van der Waals surface area contributed by atoms with Crippen LogP contribution < -0.4 is 0 Å². The Morgan fingerprint density at radius 3 is 2.76 bits per heavy atom. The lowest BCUT2D eigenvalue weighted by Crippen LogP contribution is -1.94. The van der Waals surface area contributed by atoms with Crippen molar-refractivity contribution in [3.05, 3.63) is 54.7 Å². The standard InChI is InChI=1S/C19H16N6/c1-11-21-10-18(25(11)2)13-3-4-15-14(7-13)19(24-23-15)16-8-12-5-6-20-9-17(12)22-16/h3-10,22H,1-2H3,(H,23,24). The molecule has 0 fully saturated rings. The first kappa shape index (κ1) is 14.0. The molecule has 0 amide bonds. The Kier molecular flexibility index (Phi) is 2.82. The molecule has 2 N–H and O–H groups in total. The van der Waals surface area contributed by atoms with Gasteiger partial charge >= 0.3 is 0 Å². The van der Waals surface area contributed by atoms with Gasteiger partial charge in [-0.25, -0.2) is 4.98 Å². The molecular formula is C19H16N6. The largest absolute Gasteiger partial charge is 0.352 e. The van der Waals surface area contributed by atoms with Gasteiger partial charge in [0.2, 0.25) is 0 Å². The Balaban J connectivity index is 1.71. The lowest BCUT2D eigenvalue weighted by Gasteiger charge is -2.04.